The van der Waals surface area contributed by atoms with Crippen molar-refractivity contribution in [3.63, 3.8) is 0 Å². The average molecular weight is 405 g/mol. The molecule has 2 aromatic rings. The molecule has 8 heteroatoms. The van der Waals surface area contributed by atoms with Crippen LogP contribution in [-0.4, -0.2) is 23.2 Å². The molecule has 0 aliphatic carbocycles. The summed E-state index contributed by atoms with van der Waals surface area (Å²) < 4.78 is 38.2. The van der Waals surface area contributed by atoms with E-state index in [4.69, 9.17) is 23.2 Å². The van der Waals surface area contributed by atoms with Crippen molar-refractivity contribution in [2.24, 2.45) is 5.92 Å². The lowest BCUT2D eigenvalue weighted by molar-refractivity contribution is -0.137. The Morgan fingerprint density at radius 3 is 2.27 bits per heavy atom. The Morgan fingerprint density at radius 2 is 1.73 bits per heavy atom. The highest BCUT2D eigenvalue weighted by Crippen LogP contribution is 2.36. The normalized spacial score (nSPS) is 17.4. The fraction of sp³-hybridized carbons (Fsp3) is 0.389. The molecular weight excluding hydrogens is 388 g/mol. The van der Waals surface area contributed by atoms with Crippen LogP contribution in [0.1, 0.15) is 30.1 Å². The molecule has 0 bridgehead atoms. The number of hydrogen-bond acceptors (Lipinski definition) is 3. The van der Waals surface area contributed by atoms with E-state index in [2.05, 4.69) is 4.98 Å². The van der Waals surface area contributed by atoms with Crippen molar-refractivity contribution in [2.45, 2.75) is 25.1 Å². The maximum Gasteiger partial charge on any atom is 0.417 e. The van der Waals surface area contributed by atoms with Gasteiger partial charge in [-0.25, -0.2) is 4.98 Å². The van der Waals surface area contributed by atoms with Gasteiger partial charge in [0.25, 0.3) is 0 Å². The number of aliphatic hydroxyl groups is 1. The van der Waals surface area contributed by atoms with Gasteiger partial charge in [-0.05, 0) is 42.5 Å². The van der Waals surface area contributed by atoms with Gasteiger partial charge in [0.1, 0.15) is 5.82 Å². The Labute approximate surface area is 159 Å². The number of alkyl halides is 3. The van der Waals surface area contributed by atoms with Crippen molar-refractivity contribution < 1.29 is 18.3 Å². The highest BCUT2D eigenvalue weighted by atomic mass is 35.5. The number of anilines is 1. The molecule has 1 aromatic heterocycles. The monoisotopic (exact) mass is 404 g/mol. The zero-order valence-corrected chi connectivity index (χ0v) is 15.2. The van der Waals surface area contributed by atoms with E-state index in [1.807, 2.05) is 4.90 Å². The van der Waals surface area contributed by atoms with Crippen LogP contribution in [0.5, 0.6) is 0 Å². The molecule has 0 spiro atoms. The summed E-state index contributed by atoms with van der Waals surface area (Å²) in [6.45, 7) is 1.13. The third-order valence-corrected chi connectivity index (χ3v) is 5.18. The number of piperidine rings is 1. The zero-order chi connectivity index (χ0) is 18.9. The van der Waals surface area contributed by atoms with Crippen molar-refractivity contribution in [1.29, 1.82) is 0 Å². The maximum atomic E-state index is 12.7. The van der Waals surface area contributed by atoms with Gasteiger partial charge in [-0.3, -0.25) is 0 Å². The summed E-state index contributed by atoms with van der Waals surface area (Å²) in [5.41, 5.74) is -0.0576. The molecule has 1 unspecified atom stereocenters. The molecule has 0 radical (unpaired) electrons. The first-order valence-electron chi connectivity index (χ1n) is 8.17. The number of benzene rings is 1. The Balaban J connectivity index is 1.66. The summed E-state index contributed by atoms with van der Waals surface area (Å²) in [7, 11) is 0. The van der Waals surface area contributed by atoms with Crippen LogP contribution in [0.4, 0.5) is 19.0 Å². The van der Waals surface area contributed by atoms with Gasteiger partial charge in [0.15, 0.2) is 0 Å². The molecule has 3 nitrogen and oxygen atoms in total. The first kappa shape index (κ1) is 19.3. The average Bonchev–Trinajstić information content (AvgIpc) is 2.61. The number of aromatic nitrogens is 1. The predicted octanol–water partition coefficient (Wildman–Crippen LogP) is 5.36. The van der Waals surface area contributed by atoms with Crippen LogP contribution in [0.15, 0.2) is 36.5 Å². The molecule has 1 aromatic carbocycles. The first-order chi connectivity index (χ1) is 12.3. The van der Waals surface area contributed by atoms with Gasteiger partial charge in [-0.2, -0.15) is 13.2 Å². The van der Waals surface area contributed by atoms with Crippen molar-refractivity contribution in [1.82, 2.24) is 4.98 Å². The van der Waals surface area contributed by atoms with E-state index in [1.165, 1.54) is 0 Å². The lowest BCUT2D eigenvalue weighted by Crippen LogP contribution is -2.36. The van der Waals surface area contributed by atoms with Gasteiger partial charge < -0.3 is 10.0 Å². The van der Waals surface area contributed by atoms with Crippen molar-refractivity contribution in [3.05, 3.63) is 57.7 Å². The molecule has 3 rings (SSSR count). The van der Waals surface area contributed by atoms with Gasteiger partial charge in [0.05, 0.1) is 16.7 Å². The summed E-state index contributed by atoms with van der Waals surface area (Å²) in [5, 5.41) is 11.1. The number of halogens is 5. The molecular formula is C18H17Cl2F3N2O. The highest BCUT2D eigenvalue weighted by Gasteiger charge is 2.33. The molecule has 26 heavy (non-hydrogen) atoms. The van der Waals surface area contributed by atoms with Crippen LogP contribution in [0.2, 0.25) is 10.0 Å². The fourth-order valence-corrected chi connectivity index (χ4v) is 3.59. The van der Waals surface area contributed by atoms with Gasteiger partial charge in [-0.1, -0.05) is 35.3 Å². The van der Waals surface area contributed by atoms with Gasteiger partial charge >= 0.3 is 6.18 Å². The molecule has 1 fully saturated rings. The molecule has 1 saturated heterocycles. The third kappa shape index (κ3) is 4.24. The standard InChI is InChI=1S/C18H17Cl2F3N2O/c19-14-3-1-11(2-4-14)16(26)12-5-7-25(8-6-12)17-15(20)9-13(10-24-17)18(21,22)23/h1-4,9-10,12,16,26H,5-8H2. The Bertz CT molecular complexity index is 760. The van der Waals surface area contributed by atoms with Gasteiger partial charge in [-0.15, -0.1) is 0 Å². The number of rotatable bonds is 3. The molecule has 1 N–H and O–H groups in total. The molecule has 1 aliphatic heterocycles. The van der Waals surface area contributed by atoms with Crippen LogP contribution >= 0.6 is 23.2 Å². The van der Waals surface area contributed by atoms with E-state index < -0.39 is 17.8 Å². The third-order valence-electron chi connectivity index (χ3n) is 4.65. The minimum atomic E-state index is -4.47. The molecule has 1 atom stereocenters. The van der Waals surface area contributed by atoms with E-state index in [1.54, 1.807) is 24.3 Å². The molecule has 140 valence electrons. The van der Waals surface area contributed by atoms with Crippen molar-refractivity contribution in [2.75, 3.05) is 18.0 Å². The van der Waals surface area contributed by atoms with E-state index in [9.17, 15) is 18.3 Å². The van der Waals surface area contributed by atoms with Crippen LogP contribution in [0, 0.1) is 5.92 Å². The highest BCUT2D eigenvalue weighted by molar-refractivity contribution is 6.33. The Hall–Kier alpha value is -1.50. The van der Waals surface area contributed by atoms with Crippen LogP contribution in [-0.2, 0) is 6.18 Å². The quantitative estimate of drug-likeness (QED) is 0.747. The lowest BCUT2D eigenvalue weighted by Gasteiger charge is -2.35. The zero-order valence-electron chi connectivity index (χ0n) is 13.7. The molecule has 1 aliphatic rings. The molecule has 0 amide bonds. The van der Waals surface area contributed by atoms with Crippen molar-refractivity contribution >= 4 is 29.0 Å². The summed E-state index contributed by atoms with van der Waals surface area (Å²) >= 11 is 11.9. The number of nitrogens with zero attached hydrogens (tertiary/aromatic N) is 2. The summed E-state index contributed by atoms with van der Waals surface area (Å²) in [4.78, 5) is 5.76. The second-order valence-corrected chi connectivity index (χ2v) is 7.19. The van der Waals surface area contributed by atoms with Crippen LogP contribution in [0.25, 0.3) is 0 Å². The molecule has 2 heterocycles. The van der Waals surface area contributed by atoms with Crippen LogP contribution < -0.4 is 4.90 Å². The second-order valence-electron chi connectivity index (χ2n) is 6.35. The summed E-state index contributed by atoms with van der Waals surface area (Å²) in [5.74, 6) is 0.403. The fourth-order valence-electron chi connectivity index (χ4n) is 3.18. The Morgan fingerprint density at radius 1 is 1.12 bits per heavy atom. The first-order valence-corrected chi connectivity index (χ1v) is 8.92. The molecule has 0 saturated carbocycles. The largest absolute Gasteiger partial charge is 0.417 e. The van der Waals surface area contributed by atoms with Crippen molar-refractivity contribution in [3.8, 4) is 0 Å². The Kier molecular flexibility index (Phi) is 5.65. The number of hydrogen-bond donors (Lipinski definition) is 1. The lowest BCUT2D eigenvalue weighted by atomic mass is 9.87. The number of aliphatic hydroxyl groups excluding tert-OH is 1. The smallest absolute Gasteiger partial charge is 0.388 e. The van der Waals surface area contributed by atoms with Gasteiger partial charge in [0, 0.05) is 24.3 Å². The summed E-state index contributed by atoms with van der Waals surface area (Å²) in [6.07, 6.45) is -2.91. The summed E-state index contributed by atoms with van der Waals surface area (Å²) in [6, 6.07) is 7.97. The maximum absolute atomic E-state index is 12.7. The van der Waals surface area contributed by atoms with E-state index in [0.29, 0.717) is 36.8 Å². The van der Waals surface area contributed by atoms with E-state index in [0.717, 1.165) is 17.8 Å². The number of pyridine rings is 1. The van der Waals surface area contributed by atoms with E-state index in [-0.39, 0.29) is 10.9 Å². The second kappa shape index (κ2) is 7.62. The van der Waals surface area contributed by atoms with Gasteiger partial charge in [0.2, 0.25) is 0 Å². The minimum Gasteiger partial charge on any atom is -0.388 e. The predicted molar refractivity (Wildman–Crippen MR) is 95.6 cm³/mol. The SMILES string of the molecule is OC(c1ccc(Cl)cc1)C1CCN(c2ncc(C(F)(F)F)cc2Cl)CC1. The minimum absolute atomic E-state index is 0.0171. The topological polar surface area (TPSA) is 36.4 Å². The van der Waals surface area contributed by atoms with E-state index >= 15 is 0 Å². The van der Waals surface area contributed by atoms with Crippen LogP contribution in [0.3, 0.4) is 0 Å².